The summed E-state index contributed by atoms with van der Waals surface area (Å²) in [5.74, 6) is 1.41. The molecule has 0 spiro atoms. The lowest BCUT2D eigenvalue weighted by Crippen LogP contribution is -2.28. The van der Waals surface area contributed by atoms with Gasteiger partial charge in [-0.15, -0.1) is 0 Å². The van der Waals surface area contributed by atoms with Gasteiger partial charge in [-0.1, -0.05) is 5.16 Å². The summed E-state index contributed by atoms with van der Waals surface area (Å²) in [5, 5.41) is 11.0. The van der Waals surface area contributed by atoms with E-state index in [0.717, 1.165) is 12.1 Å². The van der Waals surface area contributed by atoms with Crippen LogP contribution in [0.4, 0.5) is 0 Å². The van der Waals surface area contributed by atoms with E-state index >= 15 is 0 Å². The molecule has 2 aliphatic rings. The Labute approximate surface area is 115 Å². The van der Waals surface area contributed by atoms with Crippen molar-refractivity contribution in [3.05, 3.63) is 29.7 Å². The summed E-state index contributed by atoms with van der Waals surface area (Å²) in [6, 6.07) is 1.89. The monoisotopic (exact) mass is 273 g/mol. The number of nitrogens with one attached hydrogen (secondary N) is 1. The van der Waals surface area contributed by atoms with Crippen LogP contribution >= 0.6 is 0 Å². The van der Waals surface area contributed by atoms with Crippen molar-refractivity contribution in [2.75, 3.05) is 13.1 Å². The average molecular weight is 273 g/mol. The third-order valence-corrected chi connectivity index (χ3v) is 4.05. The standard InChI is InChI=1S/C13H15N5O2/c19-13(11-5-10(15-16-11)8-1-2-8)18-4-3-9(6-18)12-14-7-20-17-12/h5,7-9H,1-4,6H2,(H,15,16)/t9-/m1/s1. The van der Waals surface area contributed by atoms with E-state index in [0.29, 0.717) is 30.5 Å². The molecular formula is C13H15N5O2. The first kappa shape index (κ1) is 11.6. The van der Waals surface area contributed by atoms with Crippen molar-refractivity contribution in [1.82, 2.24) is 25.2 Å². The Hall–Kier alpha value is -2.18. The largest absolute Gasteiger partial charge is 0.343 e. The van der Waals surface area contributed by atoms with Crippen LogP contribution in [-0.4, -0.2) is 44.2 Å². The molecule has 2 aromatic rings. The van der Waals surface area contributed by atoms with Gasteiger partial charge in [-0.3, -0.25) is 9.89 Å². The highest BCUT2D eigenvalue weighted by atomic mass is 16.5. The molecule has 1 saturated carbocycles. The smallest absolute Gasteiger partial charge is 0.274 e. The van der Waals surface area contributed by atoms with Crippen molar-refractivity contribution in [1.29, 1.82) is 0 Å². The number of H-pyrrole nitrogens is 1. The minimum Gasteiger partial charge on any atom is -0.343 e. The molecule has 7 nitrogen and oxygen atoms in total. The highest BCUT2D eigenvalue weighted by Gasteiger charge is 2.32. The van der Waals surface area contributed by atoms with E-state index in [1.54, 1.807) is 0 Å². The highest BCUT2D eigenvalue weighted by molar-refractivity contribution is 5.92. The summed E-state index contributed by atoms with van der Waals surface area (Å²) in [5.41, 5.74) is 1.60. The number of carbonyl (C=O) groups is 1. The molecule has 1 saturated heterocycles. The Morgan fingerprint density at radius 3 is 3.00 bits per heavy atom. The highest BCUT2D eigenvalue weighted by Crippen LogP contribution is 2.39. The van der Waals surface area contributed by atoms with Gasteiger partial charge < -0.3 is 9.42 Å². The van der Waals surface area contributed by atoms with E-state index in [1.165, 1.54) is 19.2 Å². The van der Waals surface area contributed by atoms with Crippen molar-refractivity contribution >= 4 is 5.91 Å². The molecule has 2 fully saturated rings. The van der Waals surface area contributed by atoms with Crippen LogP contribution in [0.3, 0.4) is 0 Å². The molecule has 1 N–H and O–H groups in total. The minimum atomic E-state index is -0.0147. The molecule has 7 heteroatoms. The summed E-state index contributed by atoms with van der Waals surface area (Å²) < 4.78 is 4.76. The number of aromatic nitrogens is 4. The van der Waals surface area contributed by atoms with E-state index in [9.17, 15) is 4.79 Å². The van der Waals surface area contributed by atoms with E-state index < -0.39 is 0 Å². The van der Waals surface area contributed by atoms with E-state index in [-0.39, 0.29) is 11.8 Å². The van der Waals surface area contributed by atoms with Crippen molar-refractivity contribution in [2.45, 2.75) is 31.1 Å². The Morgan fingerprint density at radius 2 is 2.25 bits per heavy atom. The van der Waals surface area contributed by atoms with Crippen LogP contribution in [0.5, 0.6) is 0 Å². The Bertz CT molecular complexity index is 617. The number of carbonyl (C=O) groups excluding carboxylic acids is 1. The van der Waals surface area contributed by atoms with Crippen molar-refractivity contribution in [3.63, 3.8) is 0 Å². The number of rotatable bonds is 3. The molecule has 0 aromatic carbocycles. The number of hydrogen-bond acceptors (Lipinski definition) is 5. The lowest BCUT2D eigenvalue weighted by Gasteiger charge is -2.13. The third kappa shape index (κ3) is 1.99. The van der Waals surface area contributed by atoms with Crippen LogP contribution in [0.15, 0.2) is 17.0 Å². The lowest BCUT2D eigenvalue weighted by atomic mass is 10.1. The quantitative estimate of drug-likeness (QED) is 0.910. The zero-order valence-electron chi connectivity index (χ0n) is 11.0. The second-order valence-electron chi connectivity index (χ2n) is 5.51. The van der Waals surface area contributed by atoms with Gasteiger partial charge in [0.15, 0.2) is 5.82 Å². The molecule has 3 heterocycles. The van der Waals surface area contributed by atoms with Gasteiger partial charge in [0, 0.05) is 30.6 Å². The molecule has 104 valence electrons. The van der Waals surface area contributed by atoms with Crippen LogP contribution in [0.25, 0.3) is 0 Å². The first-order chi connectivity index (χ1) is 9.81. The molecule has 1 atom stereocenters. The maximum Gasteiger partial charge on any atom is 0.274 e. The fourth-order valence-electron chi connectivity index (χ4n) is 2.73. The number of hydrogen-bond donors (Lipinski definition) is 1. The first-order valence-corrected chi connectivity index (χ1v) is 6.92. The van der Waals surface area contributed by atoms with Gasteiger partial charge in [0.05, 0.1) is 0 Å². The van der Waals surface area contributed by atoms with Gasteiger partial charge in [-0.25, -0.2) is 0 Å². The molecule has 2 aromatic heterocycles. The summed E-state index contributed by atoms with van der Waals surface area (Å²) >= 11 is 0. The van der Waals surface area contributed by atoms with Crippen LogP contribution in [0.2, 0.25) is 0 Å². The summed E-state index contributed by atoms with van der Waals surface area (Å²) in [6.45, 7) is 1.34. The predicted molar refractivity (Wildman–Crippen MR) is 68.1 cm³/mol. The van der Waals surface area contributed by atoms with Gasteiger partial charge in [-0.2, -0.15) is 10.1 Å². The average Bonchev–Trinajstić information content (AvgIpc) is 2.97. The fourth-order valence-corrected chi connectivity index (χ4v) is 2.73. The minimum absolute atomic E-state index is 0.0147. The van der Waals surface area contributed by atoms with Gasteiger partial charge in [0.1, 0.15) is 5.69 Å². The second kappa shape index (κ2) is 4.43. The molecule has 1 aliphatic carbocycles. The number of amides is 1. The molecule has 0 bridgehead atoms. The maximum atomic E-state index is 12.4. The van der Waals surface area contributed by atoms with E-state index in [1.807, 2.05) is 11.0 Å². The van der Waals surface area contributed by atoms with Crippen molar-refractivity contribution in [2.24, 2.45) is 0 Å². The van der Waals surface area contributed by atoms with Gasteiger partial charge in [0.25, 0.3) is 5.91 Å². The van der Waals surface area contributed by atoms with Crippen LogP contribution < -0.4 is 0 Å². The van der Waals surface area contributed by atoms with Crippen LogP contribution in [-0.2, 0) is 0 Å². The molecule has 1 aliphatic heterocycles. The maximum absolute atomic E-state index is 12.4. The first-order valence-electron chi connectivity index (χ1n) is 6.92. The topological polar surface area (TPSA) is 87.9 Å². The molecular weight excluding hydrogens is 258 g/mol. The van der Waals surface area contributed by atoms with Gasteiger partial charge in [-0.05, 0) is 25.3 Å². The Morgan fingerprint density at radius 1 is 1.35 bits per heavy atom. The van der Waals surface area contributed by atoms with Crippen molar-refractivity contribution in [3.8, 4) is 0 Å². The number of aromatic amines is 1. The van der Waals surface area contributed by atoms with E-state index in [4.69, 9.17) is 4.52 Å². The lowest BCUT2D eigenvalue weighted by molar-refractivity contribution is 0.0784. The fraction of sp³-hybridized carbons (Fsp3) is 0.538. The summed E-state index contributed by atoms with van der Waals surface area (Å²) in [7, 11) is 0. The zero-order chi connectivity index (χ0) is 13.5. The predicted octanol–water partition coefficient (Wildman–Crippen LogP) is 1.30. The Balaban J connectivity index is 1.46. The molecule has 20 heavy (non-hydrogen) atoms. The number of likely N-dealkylation sites (tertiary alicyclic amines) is 1. The van der Waals surface area contributed by atoms with E-state index in [2.05, 4.69) is 20.3 Å². The summed E-state index contributed by atoms with van der Waals surface area (Å²) in [4.78, 5) is 18.3. The van der Waals surface area contributed by atoms with Crippen molar-refractivity contribution < 1.29 is 9.32 Å². The molecule has 0 radical (unpaired) electrons. The SMILES string of the molecule is O=C(c1cc(C2CC2)[nH]n1)N1CC[C@@H](c2ncon2)C1. The Kier molecular flexibility index (Phi) is 2.58. The second-order valence-corrected chi connectivity index (χ2v) is 5.51. The normalized spacial score (nSPS) is 22.4. The zero-order valence-corrected chi connectivity index (χ0v) is 11.0. The summed E-state index contributed by atoms with van der Waals surface area (Å²) in [6.07, 6.45) is 4.58. The molecule has 1 amide bonds. The molecule has 0 unspecified atom stereocenters. The third-order valence-electron chi connectivity index (χ3n) is 4.05. The van der Waals surface area contributed by atoms with Crippen LogP contribution in [0, 0.1) is 0 Å². The number of nitrogens with zero attached hydrogens (tertiary/aromatic N) is 4. The van der Waals surface area contributed by atoms with Crippen LogP contribution in [0.1, 0.15) is 53.1 Å². The van der Waals surface area contributed by atoms with Gasteiger partial charge >= 0.3 is 0 Å². The van der Waals surface area contributed by atoms with Gasteiger partial charge in [0.2, 0.25) is 6.39 Å². The molecule has 4 rings (SSSR count).